The van der Waals surface area contributed by atoms with Gasteiger partial charge >= 0.3 is 0 Å². The van der Waals surface area contributed by atoms with Crippen molar-refractivity contribution in [2.45, 2.75) is 70.4 Å². The summed E-state index contributed by atoms with van der Waals surface area (Å²) in [5.74, 6) is 0.566. The first-order valence-electron chi connectivity index (χ1n) is 8.08. The minimum Gasteiger partial charge on any atom is -0.373 e. The van der Waals surface area contributed by atoms with Crippen LogP contribution < -0.4 is 5.73 Å². The van der Waals surface area contributed by atoms with Crippen molar-refractivity contribution in [2.75, 3.05) is 6.61 Å². The summed E-state index contributed by atoms with van der Waals surface area (Å²) in [5, 5.41) is 0. The maximum Gasteiger partial charge on any atom is 0.0874 e. The number of hydrogen-bond donors (Lipinski definition) is 1. The van der Waals surface area contributed by atoms with Crippen LogP contribution in [0, 0.1) is 0 Å². The van der Waals surface area contributed by atoms with Gasteiger partial charge in [-0.3, -0.25) is 0 Å². The van der Waals surface area contributed by atoms with Crippen LogP contribution in [0.5, 0.6) is 0 Å². The second-order valence-corrected chi connectivity index (χ2v) is 6.36. The molecule has 1 aliphatic carbocycles. The lowest BCUT2D eigenvalue weighted by atomic mass is 9.77. The Labute approximate surface area is 123 Å². The highest BCUT2D eigenvalue weighted by atomic mass is 16.5. The van der Waals surface area contributed by atoms with Gasteiger partial charge in [-0.25, -0.2) is 0 Å². The van der Waals surface area contributed by atoms with Gasteiger partial charge in [0.25, 0.3) is 0 Å². The van der Waals surface area contributed by atoms with E-state index in [-0.39, 0.29) is 11.6 Å². The fraction of sp³-hybridized carbons (Fsp3) is 0.667. The molecule has 112 valence electrons. The van der Waals surface area contributed by atoms with Gasteiger partial charge in [-0.05, 0) is 36.8 Å². The fourth-order valence-corrected chi connectivity index (χ4v) is 3.37. The second kappa shape index (κ2) is 6.73. The van der Waals surface area contributed by atoms with Gasteiger partial charge in [-0.15, -0.1) is 0 Å². The summed E-state index contributed by atoms with van der Waals surface area (Å²) in [6.07, 6.45) is 5.96. The molecule has 0 heterocycles. The molecule has 0 saturated heterocycles. The van der Waals surface area contributed by atoms with E-state index in [2.05, 4.69) is 45.0 Å². The first-order valence-corrected chi connectivity index (χ1v) is 8.08. The maximum absolute atomic E-state index is 6.59. The van der Waals surface area contributed by atoms with Crippen LogP contribution >= 0.6 is 0 Å². The molecule has 1 aromatic carbocycles. The summed E-state index contributed by atoms with van der Waals surface area (Å²) in [7, 11) is 0. The molecule has 1 unspecified atom stereocenters. The number of rotatable bonds is 5. The molecule has 0 amide bonds. The van der Waals surface area contributed by atoms with E-state index in [1.54, 1.807) is 0 Å². The highest BCUT2D eigenvalue weighted by Gasteiger charge is 2.39. The highest BCUT2D eigenvalue weighted by molar-refractivity contribution is 5.28. The van der Waals surface area contributed by atoms with Gasteiger partial charge in [-0.2, -0.15) is 0 Å². The van der Waals surface area contributed by atoms with Crippen LogP contribution in [0.25, 0.3) is 0 Å². The van der Waals surface area contributed by atoms with Crippen LogP contribution in [0.4, 0.5) is 0 Å². The Morgan fingerprint density at radius 2 is 1.60 bits per heavy atom. The van der Waals surface area contributed by atoms with Crippen molar-refractivity contribution in [3.8, 4) is 0 Å². The molecule has 0 radical (unpaired) electrons. The third kappa shape index (κ3) is 3.24. The smallest absolute Gasteiger partial charge is 0.0874 e. The SMILES string of the molecule is CCOC1(C(N)c2ccc(C(C)C)cc2)CCCCC1. The number of nitrogens with two attached hydrogens (primary N) is 1. The molecule has 1 saturated carbocycles. The molecular weight excluding hydrogens is 246 g/mol. The number of hydrogen-bond acceptors (Lipinski definition) is 2. The lowest BCUT2D eigenvalue weighted by Gasteiger charge is -2.42. The Hall–Kier alpha value is -0.860. The minimum atomic E-state index is -0.146. The van der Waals surface area contributed by atoms with Crippen molar-refractivity contribution in [3.05, 3.63) is 35.4 Å². The van der Waals surface area contributed by atoms with Gasteiger partial charge in [0.15, 0.2) is 0 Å². The monoisotopic (exact) mass is 275 g/mol. The van der Waals surface area contributed by atoms with E-state index in [1.807, 2.05) is 0 Å². The Morgan fingerprint density at radius 3 is 2.10 bits per heavy atom. The van der Waals surface area contributed by atoms with Crippen molar-refractivity contribution >= 4 is 0 Å². The Kier molecular flexibility index (Phi) is 5.22. The normalized spacial score (nSPS) is 20.1. The van der Waals surface area contributed by atoms with Crippen LogP contribution in [0.1, 0.15) is 76.0 Å². The van der Waals surface area contributed by atoms with Crippen molar-refractivity contribution in [2.24, 2.45) is 5.73 Å². The summed E-state index contributed by atoms with van der Waals surface area (Å²) < 4.78 is 6.14. The van der Waals surface area contributed by atoms with Gasteiger partial charge in [0.05, 0.1) is 11.6 Å². The van der Waals surface area contributed by atoms with E-state index in [0.29, 0.717) is 5.92 Å². The zero-order chi connectivity index (χ0) is 14.6. The largest absolute Gasteiger partial charge is 0.373 e. The summed E-state index contributed by atoms with van der Waals surface area (Å²) in [6.45, 7) is 7.26. The zero-order valence-corrected chi connectivity index (χ0v) is 13.2. The van der Waals surface area contributed by atoms with Crippen molar-refractivity contribution in [1.82, 2.24) is 0 Å². The van der Waals surface area contributed by atoms with E-state index in [0.717, 1.165) is 19.4 Å². The summed E-state index contributed by atoms with van der Waals surface area (Å²) in [5.41, 5.74) is 9.03. The molecule has 0 aliphatic heterocycles. The Bertz CT molecular complexity index is 398. The van der Waals surface area contributed by atoms with Crippen molar-refractivity contribution in [1.29, 1.82) is 0 Å². The van der Waals surface area contributed by atoms with Crippen molar-refractivity contribution in [3.63, 3.8) is 0 Å². The zero-order valence-electron chi connectivity index (χ0n) is 13.2. The average molecular weight is 275 g/mol. The summed E-state index contributed by atoms with van der Waals surface area (Å²) in [6, 6.07) is 8.79. The molecule has 1 fully saturated rings. The predicted octanol–water partition coefficient (Wildman–Crippen LogP) is 4.55. The van der Waals surface area contributed by atoms with Crippen LogP contribution in [-0.4, -0.2) is 12.2 Å². The van der Waals surface area contributed by atoms with E-state index < -0.39 is 0 Å². The molecule has 2 N–H and O–H groups in total. The van der Waals surface area contributed by atoms with Crippen molar-refractivity contribution < 1.29 is 4.74 Å². The maximum atomic E-state index is 6.59. The van der Waals surface area contributed by atoms with E-state index >= 15 is 0 Å². The Balaban J connectivity index is 2.20. The van der Waals surface area contributed by atoms with Gasteiger partial charge in [0.2, 0.25) is 0 Å². The number of benzene rings is 1. The molecule has 0 spiro atoms. The van der Waals surface area contributed by atoms with E-state index in [1.165, 1.54) is 30.4 Å². The topological polar surface area (TPSA) is 35.2 Å². The molecule has 1 atom stereocenters. The summed E-state index contributed by atoms with van der Waals surface area (Å²) in [4.78, 5) is 0. The molecule has 0 bridgehead atoms. The quantitative estimate of drug-likeness (QED) is 0.855. The molecular formula is C18H29NO. The second-order valence-electron chi connectivity index (χ2n) is 6.36. The molecule has 0 aromatic heterocycles. The first kappa shape index (κ1) is 15.5. The molecule has 2 heteroatoms. The lowest BCUT2D eigenvalue weighted by molar-refractivity contribution is -0.0830. The lowest BCUT2D eigenvalue weighted by Crippen LogP contribution is -2.45. The van der Waals surface area contributed by atoms with E-state index in [4.69, 9.17) is 10.5 Å². The van der Waals surface area contributed by atoms with Gasteiger partial charge in [-0.1, -0.05) is 57.4 Å². The minimum absolute atomic E-state index is 0.0102. The van der Waals surface area contributed by atoms with E-state index in [9.17, 15) is 0 Å². The van der Waals surface area contributed by atoms with Gasteiger partial charge in [0, 0.05) is 6.61 Å². The average Bonchev–Trinajstić information content (AvgIpc) is 2.48. The third-order valence-electron chi connectivity index (χ3n) is 4.66. The standard InChI is InChI=1S/C18H29NO/c1-4-20-18(12-6-5-7-13-18)17(19)16-10-8-15(9-11-16)14(2)3/h8-11,14,17H,4-7,12-13,19H2,1-3H3. The Morgan fingerprint density at radius 1 is 1.05 bits per heavy atom. The van der Waals surface area contributed by atoms with Crippen LogP contribution in [0.15, 0.2) is 24.3 Å². The van der Waals surface area contributed by atoms with Crippen LogP contribution in [-0.2, 0) is 4.74 Å². The predicted molar refractivity (Wildman–Crippen MR) is 84.9 cm³/mol. The third-order valence-corrected chi connectivity index (χ3v) is 4.66. The molecule has 1 aliphatic rings. The van der Waals surface area contributed by atoms with Crippen LogP contribution in [0.2, 0.25) is 0 Å². The fourth-order valence-electron chi connectivity index (χ4n) is 3.37. The summed E-state index contributed by atoms with van der Waals surface area (Å²) >= 11 is 0. The molecule has 2 rings (SSSR count). The highest BCUT2D eigenvalue weighted by Crippen LogP contribution is 2.40. The molecule has 1 aromatic rings. The number of ether oxygens (including phenoxy) is 1. The molecule has 2 nitrogen and oxygen atoms in total. The molecule has 20 heavy (non-hydrogen) atoms. The van der Waals surface area contributed by atoms with Gasteiger partial charge < -0.3 is 10.5 Å². The van der Waals surface area contributed by atoms with Crippen LogP contribution in [0.3, 0.4) is 0 Å². The van der Waals surface area contributed by atoms with Gasteiger partial charge in [0.1, 0.15) is 0 Å². The first-order chi connectivity index (χ1) is 9.59.